The number of Topliss-reactive ketones (excluding diaryl/α,β-unsaturated/α-hetero) is 1. The van der Waals surface area contributed by atoms with E-state index < -0.39 is 72.6 Å². The van der Waals surface area contributed by atoms with Crippen LogP contribution in [-0.2, 0) is 30.4 Å². The minimum absolute atomic E-state index is 0.0334. The Hall–Kier alpha value is -4.36. The number of halogens is 1. The van der Waals surface area contributed by atoms with Crippen molar-refractivity contribution in [1.29, 1.82) is 0 Å². The average Bonchev–Trinajstić information content (AvgIpc) is 2.95. The number of carboxylic acids is 1. The lowest BCUT2D eigenvalue weighted by Crippen LogP contribution is -2.53. The Labute approximate surface area is 238 Å². The summed E-state index contributed by atoms with van der Waals surface area (Å²) in [5.74, 6) is -4.61. The van der Waals surface area contributed by atoms with Crippen LogP contribution in [-0.4, -0.2) is 76.2 Å². The highest BCUT2D eigenvalue weighted by atomic mass is 35.5. The Bertz CT molecular complexity index is 1390. The number of nitrogens with one attached hydrogen (secondary N) is 3. The number of hydrogen-bond acceptors (Lipinski definition) is 8. The molecule has 1 unspecified atom stereocenters. The summed E-state index contributed by atoms with van der Waals surface area (Å²) in [6, 6.07) is 5.18. The Kier molecular flexibility index (Phi) is 10.9. The molecule has 0 bridgehead atoms. The number of pyridine rings is 1. The third-order valence-corrected chi connectivity index (χ3v) is 6.94. The highest BCUT2D eigenvalue weighted by molar-refractivity contribution is 6.30. The number of aliphatic carboxylic acids is 1. The molecule has 14 heteroatoms. The van der Waals surface area contributed by atoms with Crippen molar-refractivity contribution in [2.24, 2.45) is 5.92 Å². The normalized spacial score (nSPS) is 18.0. The zero-order valence-corrected chi connectivity index (χ0v) is 22.6. The molecule has 5 N–H and O–H groups in total. The van der Waals surface area contributed by atoms with Gasteiger partial charge in [-0.1, -0.05) is 29.8 Å². The number of aldehydes is 1. The van der Waals surface area contributed by atoms with Crippen LogP contribution in [0.25, 0.3) is 0 Å². The molecule has 0 saturated carbocycles. The van der Waals surface area contributed by atoms with Crippen LogP contribution in [0.1, 0.15) is 41.6 Å². The number of aryl methyl sites for hydroxylation is 1. The molecule has 3 amide bonds. The monoisotopic (exact) mass is 588 g/mol. The number of H-pyrrole nitrogens is 1. The molecular weight excluding hydrogens is 560 g/mol. The first-order valence-electron chi connectivity index (χ1n) is 12.7. The molecule has 1 aliphatic heterocycles. The van der Waals surface area contributed by atoms with E-state index in [9.17, 15) is 38.7 Å². The van der Waals surface area contributed by atoms with Crippen molar-refractivity contribution in [1.82, 2.24) is 15.6 Å². The summed E-state index contributed by atoms with van der Waals surface area (Å²) < 4.78 is 0. The summed E-state index contributed by atoms with van der Waals surface area (Å²) in [5, 5.41) is 23.1. The van der Waals surface area contributed by atoms with Crippen LogP contribution >= 0.6 is 11.6 Å². The number of amides is 3. The zero-order valence-electron chi connectivity index (χ0n) is 21.8. The Morgan fingerprint density at radius 2 is 1.88 bits per heavy atom. The second-order valence-electron chi connectivity index (χ2n) is 9.49. The highest BCUT2D eigenvalue weighted by Gasteiger charge is 2.33. The molecule has 218 valence electrons. The van der Waals surface area contributed by atoms with Gasteiger partial charge in [-0.15, -0.1) is 0 Å². The van der Waals surface area contributed by atoms with Gasteiger partial charge in [-0.2, -0.15) is 0 Å². The lowest BCUT2D eigenvalue weighted by Gasteiger charge is -2.31. The summed E-state index contributed by atoms with van der Waals surface area (Å²) >= 11 is 5.84. The molecule has 1 aromatic carbocycles. The summed E-state index contributed by atoms with van der Waals surface area (Å²) in [7, 11) is 0. The number of hydrogen-bond donors (Lipinski definition) is 5. The van der Waals surface area contributed by atoms with Crippen molar-refractivity contribution < 1.29 is 39.0 Å². The lowest BCUT2D eigenvalue weighted by atomic mass is 9.88. The SMILES string of the molecule is O=C[C@H](CC(=O)O)NC(=O)CN1C(=O)[C@@H](NC(=O)c2c[nH]c(=O)c(Cl)c2)CCC(C(=O)CO)CCc2ccccc21. The second kappa shape index (κ2) is 14.3. The number of anilines is 1. The number of fused-ring (bicyclic) bond motifs is 1. The van der Waals surface area contributed by atoms with Crippen LogP contribution in [0.2, 0.25) is 5.02 Å². The van der Waals surface area contributed by atoms with Gasteiger partial charge < -0.3 is 35.5 Å². The number of aliphatic hydroxyl groups is 1. The summed E-state index contributed by atoms with van der Waals surface area (Å²) in [6.45, 7) is -1.29. The molecule has 3 atom stereocenters. The first-order chi connectivity index (χ1) is 19.5. The maximum absolute atomic E-state index is 14.0. The van der Waals surface area contributed by atoms with Crippen molar-refractivity contribution in [3.63, 3.8) is 0 Å². The van der Waals surface area contributed by atoms with Gasteiger partial charge in [-0.25, -0.2) is 0 Å². The van der Waals surface area contributed by atoms with Crippen LogP contribution in [0, 0.1) is 5.92 Å². The topological polar surface area (TPSA) is 203 Å². The van der Waals surface area contributed by atoms with E-state index in [1.54, 1.807) is 24.3 Å². The minimum Gasteiger partial charge on any atom is -0.481 e. The summed E-state index contributed by atoms with van der Waals surface area (Å²) in [5.41, 5.74) is 0.265. The molecule has 0 radical (unpaired) electrons. The Morgan fingerprint density at radius 3 is 2.54 bits per heavy atom. The molecule has 2 aromatic rings. The van der Waals surface area contributed by atoms with Gasteiger partial charge in [0.2, 0.25) is 11.8 Å². The van der Waals surface area contributed by atoms with Crippen molar-refractivity contribution in [3.05, 3.63) is 63.0 Å². The predicted octanol–water partition coefficient (Wildman–Crippen LogP) is 0.222. The number of carboxylic acid groups (broad SMARTS) is 1. The molecule has 13 nitrogen and oxygen atoms in total. The Balaban J connectivity index is 2.00. The Morgan fingerprint density at radius 1 is 1.15 bits per heavy atom. The summed E-state index contributed by atoms with van der Waals surface area (Å²) in [4.78, 5) is 89.8. The van der Waals surface area contributed by atoms with Crippen molar-refractivity contribution in [2.75, 3.05) is 18.1 Å². The fourth-order valence-electron chi connectivity index (χ4n) is 4.55. The first-order valence-corrected chi connectivity index (χ1v) is 13.1. The van der Waals surface area contributed by atoms with E-state index in [-0.39, 0.29) is 29.7 Å². The van der Waals surface area contributed by atoms with Gasteiger partial charge in [0.05, 0.1) is 18.0 Å². The van der Waals surface area contributed by atoms with E-state index in [0.717, 1.165) is 17.2 Å². The molecule has 1 aliphatic rings. The molecule has 41 heavy (non-hydrogen) atoms. The fraction of sp³-hybridized carbons (Fsp3) is 0.370. The molecule has 3 rings (SSSR count). The number of para-hydroxylation sites is 1. The smallest absolute Gasteiger partial charge is 0.305 e. The van der Waals surface area contributed by atoms with E-state index in [2.05, 4.69) is 15.6 Å². The summed E-state index contributed by atoms with van der Waals surface area (Å²) in [6.07, 6.45) is 1.51. The number of nitrogens with zero attached hydrogens (tertiary/aromatic N) is 1. The van der Waals surface area contributed by atoms with Crippen LogP contribution in [0.15, 0.2) is 41.3 Å². The van der Waals surface area contributed by atoms with Crippen molar-refractivity contribution in [2.45, 2.75) is 44.2 Å². The quantitative estimate of drug-likeness (QED) is 0.241. The van der Waals surface area contributed by atoms with Crippen molar-refractivity contribution >= 4 is 53.0 Å². The number of benzene rings is 1. The lowest BCUT2D eigenvalue weighted by molar-refractivity contribution is -0.139. The van der Waals surface area contributed by atoms with Gasteiger partial charge in [-0.3, -0.25) is 28.8 Å². The number of aliphatic hydroxyl groups excluding tert-OH is 1. The van der Waals surface area contributed by atoms with Crippen LogP contribution in [0.4, 0.5) is 5.69 Å². The zero-order chi connectivity index (χ0) is 30.1. The second-order valence-corrected chi connectivity index (χ2v) is 9.90. The van der Waals surface area contributed by atoms with Gasteiger partial charge >= 0.3 is 5.97 Å². The van der Waals surface area contributed by atoms with Crippen LogP contribution in [0.5, 0.6) is 0 Å². The van der Waals surface area contributed by atoms with Gasteiger partial charge in [0, 0.05) is 17.8 Å². The molecule has 2 heterocycles. The molecule has 0 fully saturated rings. The fourth-order valence-corrected chi connectivity index (χ4v) is 4.72. The number of ketones is 1. The highest BCUT2D eigenvalue weighted by Crippen LogP contribution is 2.28. The van der Waals surface area contributed by atoms with Gasteiger partial charge in [0.15, 0.2) is 5.78 Å². The molecule has 0 spiro atoms. The van der Waals surface area contributed by atoms with Gasteiger partial charge in [0.25, 0.3) is 11.5 Å². The van der Waals surface area contributed by atoms with E-state index in [4.69, 9.17) is 16.7 Å². The maximum atomic E-state index is 14.0. The van der Waals surface area contributed by atoms with E-state index >= 15 is 0 Å². The van der Waals surface area contributed by atoms with Crippen molar-refractivity contribution in [3.8, 4) is 0 Å². The average molecular weight is 589 g/mol. The molecule has 1 aromatic heterocycles. The van der Waals surface area contributed by atoms with E-state index in [1.807, 2.05) is 0 Å². The molecule has 0 saturated heterocycles. The number of aromatic amines is 1. The predicted molar refractivity (Wildman–Crippen MR) is 146 cm³/mol. The largest absolute Gasteiger partial charge is 0.481 e. The minimum atomic E-state index is -1.32. The third-order valence-electron chi connectivity index (χ3n) is 6.66. The molecular formula is C27H29ClN4O9. The van der Waals surface area contributed by atoms with Crippen LogP contribution in [0.3, 0.4) is 0 Å². The van der Waals surface area contributed by atoms with E-state index in [0.29, 0.717) is 24.1 Å². The van der Waals surface area contributed by atoms with Gasteiger partial charge in [-0.05, 0) is 43.4 Å². The number of rotatable bonds is 10. The third kappa shape index (κ3) is 8.32. The number of aromatic nitrogens is 1. The standard InChI is InChI=1S/C27H29ClN4O9/c28-19-9-17(11-29-26(19)40)25(39)31-20-8-7-16(22(35)14-34)6-5-15-3-1-2-4-21(15)32(27(20)41)12-23(36)30-18(13-33)10-24(37)38/h1-4,9,11,13,16,18,20,34H,5-8,10,12,14H2,(H,29,40)(H,30,36)(H,31,39)(H,37,38)/t16?,18-,20-/m0/s1. The van der Waals surface area contributed by atoms with Crippen LogP contribution < -0.4 is 21.1 Å². The number of carbonyl (C=O) groups is 6. The maximum Gasteiger partial charge on any atom is 0.305 e. The molecule has 0 aliphatic carbocycles. The number of carbonyl (C=O) groups excluding carboxylic acids is 5. The first kappa shape index (κ1) is 31.2. The van der Waals surface area contributed by atoms with Gasteiger partial charge in [0.1, 0.15) is 30.5 Å². The van der Waals surface area contributed by atoms with E-state index in [1.165, 1.54) is 0 Å².